The number of aromatic nitrogens is 1. The highest BCUT2D eigenvalue weighted by molar-refractivity contribution is 7.85. The largest absolute Gasteiger partial charge is 0.394 e. The zero-order chi connectivity index (χ0) is 18.0. The highest BCUT2D eigenvalue weighted by atomic mass is 32.2. The van der Waals surface area contributed by atoms with Crippen molar-refractivity contribution in [2.75, 3.05) is 18.5 Å². The summed E-state index contributed by atoms with van der Waals surface area (Å²) in [6, 6.07) is 11.6. The first-order valence-electron chi connectivity index (χ1n) is 7.39. The van der Waals surface area contributed by atoms with Crippen molar-refractivity contribution < 1.29 is 23.2 Å². The van der Waals surface area contributed by atoms with E-state index >= 15 is 0 Å². The van der Waals surface area contributed by atoms with Gasteiger partial charge in [-0.25, -0.2) is 4.98 Å². The van der Waals surface area contributed by atoms with E-state index in [-0.39, 0.29) is 11.4 Å². The van der Waals surface area contributed by atoms with Gasteiger partial charge < -0.3 is 15.5 Å². The Morgan fingerprint density at radius 3 is 2.64 bits per heavy atom. The fourth-order valence-electron chi connectivity index (χ4n) is 2.29. The topological polar surface area (TPSA) is 120 Å². The molecule has 1 atom stereocenters. The average Bonchev–Trinajstić information content (AvgIpc) is 3.02. The van der Waals surface area contributed by atoms with Crippen LogP contribution in [0.4, 0.5) is 5.69 Å². The predicted molar refractivity (Wildman–Crippen MR) is 96.5 cm³/mol. The van der Waals surface area contributed by atoms with Crippen molar-refractivity contribution in [2.24, 2.45) is 0 Å². The highest BCUT2D eigenvalue weighted by Crippen LogP contribution is 2.36. The number of aliphatic hydroxyl groups is 2. The number of nitrogens with one attached hydrogen (secondary N) is 1. The number of aliphatic hydroxyl groups excluding tert-OH is 2. The number of fused-ring (bicyclic) bond motifs is 1. The van der Waals surface area contributed by atoms with E-state index in [0.29, 0.717) is 16.3 Å². The van der Waals surface area contributed by atoms with E-state index in [9.17, 15) is 18.1 Å². The van der Waals surface area contributed by atoms with Crippen molar-refractivity contribution in [1.29, 1.82) is 0 Å². The Morgan fingerprint density at radius 2 is 1.96 bits per heavy atom. The van der Waals surface area contributed by atoms with Gasteiger partial charge >= 0.3 is 0 Å². The first-order valence-corrected chi connectivity index (χ1v) is 9.64. The third-order valence-corrected chi connectivity index (χ3v) is 5.47. The molecule has 1 unspecified atom stereocenters. The standard InChI is InChI=1S/C16H16N2O5S2/c19-9-10(20)8-17-13-6-5-11(25(21,22)23)7-12(13)16-18-14-3-1-2-4-15(14)24-16/h1-7,10,17,19-20H,8-9H2,(H,21,22,23). The Kier molecular flexibility index (Phi) is 5.02. The summed E-state index contributed by atoms with van der Waals surface area (Å²) in [4.78, 5) is 4.26. The molecule has 0 aliphatic heterocycles. The maximum atomic E-state index is 11.5. The van der Waals surface area contributed by atoms with Gasteiger partial charge in [-0.1, -0.05) is 12.1 Å². The zero-order valence-electron chi connectivity index (χ0n) is 13.0. The second-order valence-corrected chi connectivity index (χ2v) is 7.84. The summed E-state index contributed by atoms with van der Waals surface area (Å²) in [6.07, 6.45) is -0.954. The van der Waals surface area contributed by atoms with Gasteiger partial charge in [0.1, 0.15) is 5.01 Å². The molecule has 7 nitrogen and oxygen atoms in total. The molecule has 0 saturated carbocycles. The molecule has 0 bridgehead atoms. The number of anilines is 1. The summed E-state index contributed by atoms with van der Waals surface area (Å²) >= 11 is 1.38. The minimum absolute atomic E-state index is 0.0830. The average molecular weight is 380 g/mol. The van der Waals surface area contributed by atoms with Crippen molar-refractivity contribution in [3.63, 3.8) is 0 Å². The van der Waals surface area contributed by atoms with Crippen LogP contribution in [0.3, 0.4) is 0 Å². The molecule has 3 rings (SSSR count). The molecule has 25 heavy (non-hydrogen) atoms. The SMILES string of the molecule is O=S(=O)(O)c1ccc(NCC(O)CO)c(-c2nc3ccccc3s2)c1. The molecule has 132 valence electrons. The maximum Gasteiger partial charge on any atom is 0.294 e. The van der Waals surface area contributed by atoms with Crippen LogP contribution in [0, 0.1) is 0 Å². The molecular weight excluding hydrogens is 364 g/mol. The minimum atomic E-state index is -4.36. The molecule has 0 aliphatic rings. The van der Waals surface area contributed by atoms with Crippen molar-refractivity contribution in [2.45, 2.75) is 11.0 Å². The third kappa shape index (κ3) is 3.97. The second kappa shape index (κ2) is 7.06. The molecule has 1 aromatic heterocycles. The van der Waals surface area contributed by atoms with Gasteiger partial charge in [0, 0.05) is 17.8 Å². The molecular formula is C16H16N2O5S2. The summed E-state index contributed by atoms with van der Waals surface area (Å²) < 4.78 is 33.2. The first-order chi connectivity index (χ1) is 11.9. The van der Waals surface area contributed by atoms with Crippen LogP contribution in [-0.4, -0.2) is 47.4 Å². The molecule has 9 heteroatoms. The monoisotopic (exact) mass is 380 g/mol. The van der Waals surface area contributed by atoms with Gasteiger partial charge in [-0.05, 0) is 30.3 Å². The van der Waals surface area contributed by atoms with Crippen molar-refractivity contribution in [3.05, 3.63) is 42.5 Å². The molecule has 0 saturated heterocycles. The number of rotatable bonds is 6. The summed E-state index contributed by atoms with van der Waals surface area (Å²) in [7, 11) is -4.36. The van der Waals surface area contributed by atoms with Crippen molar-refractivity contribution in [1.82, 2.24) is 4.98 Å². The molecule has 0 fully saturated rings. The van der Waals surface area contributed by atoms with E-state index in [1.165, 1.54) is 29.5 Å². The van der Waals surface area contributed by atoms with Crippen molar-refractivity contribution >= 4 is 37.4 Å². The lowest BCUT2D eigenvalue weighted by Crippen LogP contribution is -2.23. The lowest BCUT2D eigenvalue weighted by atomic mass is 10.1. The molecule has 3 aromatic rings. The number of hydrogen-bond acceptors (Lipinski definition) is 7. The molecule has 0 spiro atoms. The van der Waals surface area contributed by atoms with Crippen LogP contribution in [-0.2, 0) is 10.1 Å². The summed E-state index contributed by atoms with van der Waals surface area (Å²) in [5.74, 6) is 0. The van der Waals surface area contributed by atoms with Crippen LogP contribution in [0.15, 0.2) is 47.4 Å². The summed E-state index contributed by atoms with van der Waals surface area (Å²) in [6.45, 7) is -0.313. The first kappa shape index (κ1) is 17.8. The van der Waals surface area contributed by atoms with E-state index < -0.39 is 22.8 Å². The van der Waals surface area contributed by atoms with Gasteiger partial charge in [0.25, 0.3) is 10.1 Å². The molecule has 0 amide bonds. The highest BCUT2D eigenvalue weighted by Gasteiger charge is 2.17. The van der Waals surface area contributed by atoms with E-state index in [1.807, 2.05) is 24.3 Å². The van der Waals surface area contributed by atoms with Crippen LogP contribution in [0.5, 0.6) is 0 Å². The number of para-hydroxylation sites is 1. The van der Waals surface area contributed by atoms with Gasteiger partial charge in [0.05, 0.1) is 27.8 Å². The Bertz CT molecular complexity index is 968. The quantitative estimate of drug-likeness (QED) is 0.483. The lowest BCUT2D eigenvalue weighted by molar-refractivity contribution is 0.105. The van der Waals surface area contributed by atoms with Gasteiger partial charge in [0.15, 0.2) is 0 Å². The molecule has 2 aromatic carbocycles. The maximum absolute atomic E-state index is 11.5. The Balaban J connectivity index is 2.09. The van der Waals surface area contributed by atoms with Crippen molar-refractivity contribution in [3.8, 4) is 10.6 Å². The fraction of sp³-hybridized carbons (Fsp3) is 0.188. The number of nitrogens with zero attached hydrogens (tertiary/aromatic N) is 1. The number of hydrogen-bond donors (Lipinski definition) is 4. The predicted octanol–water partition coefficient (Wildman–Crippen LogP) is 1.98. The van der Waals surface area contributed by atoms with E-state index in [1.54, 1.807) is 0 Å². The van der Waals surface area contributed by atoms with Crippen LogP contribution in [0.2, 0.25) is 0 Å². The fourth-order valence-corrected chi connectivity index (χ4v) is 3.80. The lowest BCUT2D eigenvalue weighted by Gasteiger charge is -2.14. The van der Waals surface area contributed by atoms with Gasteiger partial charge in [0.2, 0.25) is 0 Å². The van der Waals surface area contributed by atoms with E-state index in [0.717, 1.165) is 10.2 Å². The zero-order valence-corrected chi connectivity index (χ0v) is 14.6. The molecule has 4 N–H and O–H groups in total. The second-order valence-electron chi connectivity index (χ2n) is 5.39. The van der Waals surface area contributed by atoms with Gasteiger partial charge in [-0.2, -0.15) is 8.42 Å². The van der Waals surface area contributed by atoms with Crippen LogP contribution in [0.1, 0.15) is 0 Å². The normalized spacial score (nSPS) is 13.1. The van der Waals surface area contributed by atoms with Gasteiger partial charge in [-0.15, -0.1) is 11.3 Å². The Morgan fingerprint density at radius 1 is 1.20 bits per heavy atom. The Hall–Kier alpha value is -2.04. The number of thiazole rings is 1. The molecule has 0 aliphatic carbocycles. The van der Waals surface area contributed by atoms with Crippen LogP contribution >= 0.6 is 11.3 Å². The van der Waals surface area contributed by atoms with Crippen LogP contribution in [0.25, 0.3) is 20.8 Å². The smallest absolute Gasteiger partial charge is 0.294 e. The van der Waals surface area contributed by atoms with E-state index in [4.69, 9.17) is 5.11 Å². The third-order valence-electron chi connectivity index (χ3n) is 3.55. The summed E-state index contributed by atoms with van der Waals surface area (Å²) in [5, 5.41) is 22.0. The Labute approximate surface area is 148 Å². The van der Waals surface area contributed by atoms with Gasteiger partial charge in [-0.3, -0.25) is 4.55 Å². The van der Waals surface area contributed by atoms with E-state index in [2.05, 4.69) is 10.3 Å². The molecule has 1 heterocycles. The summed E-state index contributed by atoms with van der Waals surface area (Å²) in [5.41, 5.74) is 1.81. The molecule has 0 radical (unpaired) electrons. The minimum Gasteiger partial charge on any atom is -0.394 e. The number of benzene rings is 2. The van der Waals surface area contributed by atoms with Crippen LogP contribution < -0.4 is 5.32 Å².